The van der Waals surface area contributed by atoms with Crippen LogP contribution in [0.25, 0.3) is 10.9 Å². The van der Waals surface area contributed by atoms with Gasteiger partial charge in [-0.15, -0.1) is 0 Å². The Morgan fingerprint density at radius 2 is 1.77 bits per heavy atom. The van der Waals surface area contributed by atoms with Crippen LogP contribution >= 0.6 is 0 Å². The number of fused-ring (bicyclic) bond motifs is 1. The quantitative estimate of drug-likeness (QED) is 0.709. The summed E-state index contributed by atoms with van der Waals surface area (Å²) < 4.78 is 6.02. The van der Waals surface area contributed by atoms with Gasteiger partial charge in [-0.25, -0.2) is 0 Å². The first-order valence-electron chi connectivity index (χ1n) is 9.10. The molecule has 0 spiro atoms. The van der Waals surface area contributed by atoms with E-state index < -0.39 is 0 Å². The van der Waals surface area contributed by atoms with Crippen molar-refractivity contribution < 1.29 is 4.74 Å². The number of benzene rings is 1. The molecule has 4 rings (SSSR count). The van der Waals surface area contributed by atoms with E-state index in [0.29, 0.717) is 6.61 Å². The number of rotatable bonds is 5. The van der Waals surface area contributed by atoms with Gasteiger partial charge in [-0.1, -0.05) is 18.2 Å². The molecule has 0 atom stereocenters. The Balaban J connectivity index is 1.55. The first-order chi connectivity index (χ1) is 12.8. The fraction of sp³-hybridized carbons (Fsp3) is 0.333. The van der Waals surface area contributed by atoms with E-state index in [1.807, 2.05) is 36.5 Å². The zero-order valence-electron chi connectivity index (χ0n) is 15.1. The summed E-state index contributed by atoms with van der Waals surface area (Å²) in [6, 6.07) is 14.2. The Bertz CT molecular complexity index is 860. The average molecular weight is 348 g/mol. The molecule has 5 heteroatoms. The van der Waals surface area contributed by atoms with Gasteiger partial charge in [0.1, 0.15) is 17.9 Å². The first kappa shape index (κ1) is 16.9. The Morgan fingerprint density at radius 3 is 2.58 bits per heavy atom. The molecule has 3 heterocycles. The van der Waals surface area contributed by atoms with E-state index in [1.54, 1.807) is 6.20 Å². The monoisotopic (exact) mass is 348 g/mol. The highest BCUT2D eigenvalue weighted by atomic mass is 16.5. The molecule has 0 N–H and O–H groups in total. The SMILES string of the molecule is CN1CCN(Cc2ccc(OCc3ccccn3)c3ncccc23)CC1. The van der Waals surface area contributed by atoms with Crippen molar-refractivity contribution in [2.75, 3.05) is 33.2 Å². The third-order valence-electron chi connectivity index (χ3n) is 4.91. The van der Waals surface area contributed by atoms with Gasteiger partial charge < -0.3 is 9.64 Å². The highest BCUT2D eigenvalue weighted by Crippen LogP contribution is 2.28. The van der Waals surface area contributed by atoms with Crippen molar-refractivity contribution >= 4 is 10.9 Å². The third kappa shape index (κ3) is 3.84. The second kappa shape index (κ2) is 7.81. The van der Waals surface area contributed by atoms with Crippen LogP contribution in [0, 0.1) is 0 Å². The van der Waals surface area contributed by atoms with E-state index in [2.05, 4.69) is 38.9 Å². The van der Waals surface area contributed by atoms with E-state index in [1.165, 1.54) is 10.9 Å². The lowest BCUT2D eigenvalue weighted by atomic mass is 10.1. The van der Waals surface area contributed by atoms with Crippen LogP contribution in [0.5, 0.6) is 5.75 Å². The summed E-state index contributed by atoms with van der Waals surface area (Å²) in [7, 11) is 2.18. The van der Waals surface area contributed by atoms with Crippen LogP contribution in [0.1, 0.15) is 11.3 Å². The van der Waals surface area contributed by atoms with Gasteiger partial charge in [0.05, 0.1) is 5.69 Å². The lowest BCUT2D eigenvalue weighted by Crippen LogP contribution is -2.43. The topological polar surface area (TPSA) is 41.5 Å². The van der Waals surface area contributed by atoms with Crippen molar-refractivity contribution in [3.63, 3.8) is 0 Å². The molecule has 0 bridgehead atoms. The van der Waals surface area contributed by atoms with Gasteiger partial charge >= 0.3 is 0 Å². The summed E-state index contributed by atoms with van der Waals surface area (Å²) in [5.74, 6) is 0.813. The lowest BCUT2D eigenvalue weighted by molar-refractivity contribution is 0.148. The molecule has 1 aliphatic rings. The number of ether oxygens (including phenoxy) is 1. The maximum Gasteiger partial charge on any atom is 0.146 e. The van der Waals surface area contributed by atoms with Crippen molar-refractivity contribution in [3.05, 3.63) is 66.1 Å². The van der Waals surface area contributed by atoms with Crippen LogP contribution in [0.2, 0.25) is 0 Å². The predicted octanol–water partition coefficient (Wildman–Crippen LogP) is 2.96. The Hall–Kier alpha value is -2.50. The number of pyridine rings is 2. The Morgan fingerprint density at radius 1 is 0.923 bits per heavy atom. The van der Waals surface area contributed by atoms with Crippen molar-refractivity contribution in [2.45, 2.75) is 13.2 Å². The van der Waals surface area contributed by atoms with Gasteiger partial charge in [-0.05, 0) is 36.9 Å². The van der Waals surface area contributed by atoms with Crippen LogP contribution < -0.4 is 4.74 Å². The third-order valence-corrected chi connectivity index (χ3v) is 4.91. The highest BCUT2D eigenvalue weighted by molar-refractivity contribution is 5.87. The summed E-state index contributed by atoms with van der Waals surface area (Å²) in [5, 5.41) is 1.17. The van der Waals surface area contributed by atoms with Gasteiger partial charge in [-0.2, -0.15) is 0 Å². The van der Waals surface area contributed by atoms with E-state index >= 15 is 0 Å². The summed E-state index contributed by atoms with van der Waals surface area (Å²) in [6.45, 7) is 5.87. The van der Waals surface area contributed by atoms with Crippen molar-refractivity contribution in [1.82, 2.24) is 19.8 Å². The minimum atomic E-state index is 0.449. The van der Waals surface area contributed by atoms with Gasteiger partial charge in [0.2, 0.25) is 0 Å². The van der Waals surface area contributed by atoms with E-state index in [4.69, 9.17) is 4.74 Å². The van der Waals surface area contributed by atoms with Crippen molar-refractivity contribution in [3.8, 4) is 5.75 Å². The lowest BCUT2D eigenvalue weighted by Gasteiger charge is -2.32. The van der Waals surface area contributed by atoms with Crippen LogP contribution in [0.3, 0.4) is 0 Å². The molecule has 0 unspecified atom stereocenters. The molecule has 2 aromatic heterocycles. The smallest absolute Gasteiger partial charge is 0.146 e. The molecule has 0 aliphatic carbocycles. The Kier molecular flexibility index (Phi) is 5.09. The molecule has 1 aromatic carbocycles. The summed E-state index contributed by atoms with van der Waals surface area (Å²) in [5.41, 5.74) is 3.15. The van der Waals surface area contributed by atoms with Gasteiger partial charge in [-0.3, -0.25) is 14.9 Å². The van der Waals surface area contributed by atoms with Crippen LogP contribution in [-0.4, -0.2) is 53.0 Å². The van der Waals surface area contributed by atoms with Crippen LogP contribution in [-0.2, 0) is 13.2 Å². The zero-order valence-corrected chi connectivity index (χ0v) is 15.1. The maximum atomic E-state index is 6.02. The van der Waals surface area contributed by atoms with E-state index in [-0.39, 0.29) is 0 Å². The van der Waals surface area contributed by atoms with Crippen LogP contribution in [0.15, 0.2) is 54.9 Å². The number of piperazine rings is 1. The molecule has 1 fully saturated rings. The molecule has 1 aliphatic heterocycles. The molecule has 1 saturated heterocycles. The number of hydrogen-bond donors (Lipinski definition) is 0. The minimum absolute atomic E-state index is 0.449. The number of hydrogen-bond acceptors (Lipinski definition) is 5. The zero-order chi connectivity index (χ0) is 17.8. The molecule has 0 amide bonds. The van der Waals surface area contributed by atoms with E-state index in [9.17, 15) is 0 Å². The minimum Gasteiger partial charge on any atom is -0.485 e. The van der Waals surface area contributed by atoms with Gasteiger partial charge in [0.25, 0.3) is 0 Å². The predicted molar refractivity (Wildman–Crippen MR) is 103 cm³/mol. The van der Waals surface area contributed by atoms with Crippen LogP contribution in [0.4, 0.5) is 0 Å². The van der Waals surface area contributed by atoms with Gasteiger partial charge in [0, 0.05) is 50.5 Å². The number of likely N-dealkylation sites (N-methyl/N-ethyl adjacent to an activating group) is 1. The second-order valence-electron chi connectivity index (χ2n) is 6.81. The fourth-order valence-electron chi connectivity index (χ4n) is 3.34. The molecule has 26 heavy (non-hydrogen) atoms. The average Bonchev–Trinajstić information content (AvgIpc) is 2.70. The number of nitrogens with zero attached hydrogens (tertiary/aromatic N) is 4. The number of aromatic nitrogens is 2. The fourth-order valence-corrected chi connectivity index (χ4v) is 3.34. The van der Waals surface area contributed by atoms with Gasteiger partial charge in [0.15, 0.2) is 0 Å². The molecule has 0 radical (unpaired) electrons. The highest BCUT2D eigenvalue weighted by Gasteiger charge is 2.16. The summed E-state index contributed by atoms with van der Waals surface area (Å²) in [6.07, 6.45) is 3.61. The van der Waals surface area contributed by atoms with Crippen molar-refractivity contribution in [1.29, 1.82) is 0 Å². The molecule has 5 nitrogen and oxygen atoms in total. The van der Waals surface area contributed by atoms with E-state index in [0.717, 1.165) is 49.7 Å². The molecule has 0 saturated carbocycles. The maximum absolute atomic E-state index is 6.02. The summed E-state index contributed by atoms with van der Waals surface area (Å²) >= 11 is 0. The van der Waals surface area contributed by atoms with Crippen molar-refractivity contribution in [2.24, 2.45) is 0 Å². The first-order valence-corrected chi connectivity index (χ1v) is 9.10. The molecule has 134 valence electrons. The Labute approximate surface area is 154 Å². The normalized spacial score (nSPS) is 16.0. The second-order valence-corrected chi connectivity index (χ2v) is 6.81. The molecular weight excluding hydrogens is 324 g/mol. The molecule has 3 aromatic rings. The standard InChI is InChI=1S/C21H24N4O/c1-24-11-13-25(14-12-24)15-17-7-8-20(21-19(17)6-4-10-23-21)26-16-18-5-2-3-9-22-18/h2-10H,11-16H2,1H3. The summed E-state index contributed by atoms with van der Waals surface area (Å²) in [4.78, 5) is 13.8. The largest absolute Gasteiger partial charge is 0.485 e. The molecular formula is C21H24N4O.